The van der Waals surface area contributed by atoms with Crippen LogP contribution in [0.5, 0.6) is 23.0 Å². The molecule has 0 atom stereocenters. The van der Waals surface area contributed by atoms with Gasteiger partial charge in [-0.2, -0.15) is 0 Å². The third kappa shape index (κ3) is 4.86. The number of rotatable bonds is 7. The van der Waals surface area contributed by atoms with E-state index < -0.39 is 5.91 Å². The standard InChI is InChI=1S/C18H15N3O7.H2O/c22-6-5-19-18(25)13-9-16(28-21-13)17-14(24)7-11(23)8-15(17)27-12-3-1-10(20-26)2-4-12;/h1-4,7-9,22-24H,5-6H2,(H,19,25);1H2/p-1. The fraction of sp³-hybridized carbons (Fsp3) is 0.111. The number of hydrogen-bond acceptors (Lipinski definition) is 10. The average Bonchev–Trinajstić information content (AvgIpc) is 3.16. The molecule has 0 aliphatic carbocycles. The Morgan fingerprint density at radius 3 is 2.55 bits per heavy atom. The number of aliphatic hydroxyl groups is 1. The molecule has 0 aliphatic rings. The summed E-state index contributed by atoms with van der Waals surface area (Å²) in [5, 5.41) is 37.7. The maximum absolute atomic E-state index is 11.9. The lowest BCUT2D eigenvalue weighted by atomic mass is 10.1. The van der Waals surface area contributed by atoms with E-state index in [4.69, 9.17) is 14.4 Å². The molecule has 0 bridgehead atoms. The van der Waals surface area contributed by atoms with Crippen LogP contribution >= 0.6 is 0 Å². The van der Waals surface area contributed by atoms with Crippen molar-refractivity contribution >= 4 is 11.6 Å². The van der Waals surface area contributed by atoms with Crippen LogP contribution in [0.3, 0.4) is 0 Å². The largest absolute Gasteiger partial charge is 0.870 e. The number of nitrogens with one attached hydrogen (secondary N) is 1. The third-order valence-electron chi connectivity index (χ3n) is 3.62. The number of hydrogen-bond donors (Lipinski definition) is 4. The van der Waals surface area contributed by atoms with Crippen molar-refractivity contribution in [1.82, 2.24) is 10.5 Å². The summed E-state index contributed by atoms with van der Waals surface area (Å²) < 4.78 is 10.8. The lowest BCUT2D eigenvalue weighted by Gasteiger charge is -2.11. The van der Waals surface area contributed by atoms with Crippen LogP contribution in [0.2, 0.25) is 0 Å². The molecule has 0 saturated heterocycles. The first kappa shape index (κ1) is 21.3. The molecule has 0 spiro atoms. The fourth-order valence-corrected chi connectivity index (χ4v) is 2.38. The summed E-state index contributed by atoms with van der Waals surface area (Å²) >= 11 is 0. The summed E-state index contributed by atoms with van der Waals surface area (Å²) in [6.45, 7) is -0.183. The molecule has 11 heteroatoms. The Labute approximate surface area is 163 Å². The molecule has 1 aromatic heterocycles. The highest BCUT2D eigenvalue weighted by atomic mass is 16.5. The number of ether oxygens (including phenoxy) is 1. The van der Waals surface area contributed by atoms with Gasteiger partial charge >= 0.3 is 0 Å². The van der Waals surface area contributed by atoms with E-state index in [2.05, 4.69) is 15.7 Å². The Hall–Kier alpha value is -3.96. The molecule has 0 unspecified atom stereocenters. The summed E-state index contributed by atoms with van der Waals surface area (Å²) in [5.74, 6) is -0.834. The number of carbonyl (C=O) groups excluding carboxylic acids is 1. The molecule has 3 rings (SSSR count). The van der Waals surface area contributed by atoms with Gasteiger partial charge in [-0.05, 0) is 29.4 Å². The van der Waals surface area contributed by atoms with Crippen molar-refractivity contribution in [3.05, 3.63) is 53.1 Å². The lowest BCUT2D eigenvalue weighted by Crippen LogP contribution is -2.26. The fourth-order valence-electron chi connectivity index (χ4n) is 2.38. The van der Waals surface area contributed by atoms with E-state index in [1.54, 1.807) is 0 Å². The number of benzene rings is 2. The highest BCUT2D eigenvalue weighted by molar-refractivity contribution is 5.93. The number of aliphatic hydroxyl groups excluding tert-OH is 1. The third-order valence-corrected chi connectivity index (χ3v) is 3.62. The van der Waals surface area contributed by atoms with E-state index in [0.29, 0.717) is 5.75 Å². The van der Waals surface area contributed by atoms with Crippen molar-refractivity contribution in [3.8, 4) is 34.3 Å². The van der Waals surface area contributed by atoms with Gasteiger partial charge in [0.1, 0.15) is 34.2 Å². The summed E-state index contributed by atoms with van der Waals surface area (Å²) in [5.41, 5.74) is 0.201. The Kier molecular flexibility index (Phi) is 6.85. The second-order valence-corrected chi connectivity index (χ2v) is 5.58. The first-order chi connectivity index (χ1) is 13.5. The SMILES string of the molecule is O=Nc1ccc(Oc2cc(O)cc(O)c2-c2cc(C(=O)NCCO)no2)cc1.[OH-]. The highest BCUT2D eigenvalue weighted by Gasteiger charge is 2.21. The van der Waals surface area contributed by atoms with Crippen molar-refractivity contribution in [2.24, 2.45) is 5.18 Å². The summed E-state index contributed by atoms with van der Waals surface area (Å²) in [6, 6.07) is 9.44. The smallest absolute Gasteiger partial charge is 0.273 e. The van der Waals surface area contributed by atoms with Crippen LogP contribution < -0.4 is 10.1 Å². The zero-order valence-corrected chi connectivity index (χ0v) is 14.8. The van der Waals surface area contributed by atoms with Crippen molar-refractivity contribution in [1.29, 1.82) is 0 Å². The number of aromatic nitrogens is 1. The van der Waals surface area contributed by atoms with E-state index >= 15 is 0 Å². The van der Waals surface area contributed by atoms with E-state index in [-0.39, 0.29) is 58.6 Å². The summed E-state index contributed by atoms with van der Waals surface area (Å²) in [4.78, 5) is 22.4. The molecule has 0 aliphatic heterocycles. The average molecular weight is 402 g/mol. The van der Waals surface area contributed by atoms with E-state index in [1.165, 1.54) is 36.4 Å². The Bertz CT molecular complexity index is 1000. The van der Waals surface area contributed by atoms with Gasteiger partial charge in [0, 0.05) is 24.7 Å². The minimum Gasteiger partial charge on any atom is -0.870 e. The molecule has 0 saturated carbocycles. The molecule has 0 radical (unpaired) electrons. The quantitative estimate of drug-likeness (QED) is 0.431. The van der Waals surface area contributed by atoms with Gasteiger partial charge in [-0.15, -0.1) is 4.91 Å². The molecule has 0 fully saturated rings. The number of phenolic OH excluding ortho intramolecular Hbond substituents is 2. The van der Waals surface area contributed by atoms with Crippen LogP contribution in [0, 0.1) is 4.91 Å². The van der Waals surface area contributed by atoms with E-state index in [1.807, 2.05) is 0 Å². The molecule has 1 heterocycles. The number of phenols is 2. The summed E-state index contributed by atoms with van der Waals surface area (Å²) in [6.07, 6.45) is 0. The topological polar surface area (TPSA) is 184 Å². The van der Waals surface area contributed by atoms with E-state index in [0.717, 1.165) is 6.07 Å². The molecular weight excluding hydrogens is 386 g/mol. The van der Waals surface area contributed by atoms with Gasteiger partial charge in [0.05, 0.1) is 6.61 Å². The van der Waals surface area contributed by atoms with Crippen molar-refractivity contribution < 1.29 is 34.9 Å². The zero-order valence-electron chi connectivity index (χ0n) is 14.8. The summed E-state index contributed by atoms with van der Waals surface area (Å²) in [7, 11) is 0. The number of nitroso groups, excluding NO2 is 1. The van der Waals surface area contributed by atoms with Crippen LogP contribution in [0.25, 0.3) is 11.3 Å². The Morgan fingerprint density at radius 2 is 1.90 bits per heavy atom. The molecular formula is C18H16N3O8-. The van der Waals surface area contributed by atoms with Crippen LogP contribution in [0.1, 0.15) is 10.5 Å². The molecule has 3 aromatic rings. The molecule has 2 aromatic carbocycles. The van der Waals surface area contributed by atoms with Crippen molar-refractivity contribution in [2.75, 3.05) is 13.2 Å². The van der Waals surface area contributed by atoms with Crippen LogP contribution in [-0.4, -0.2) is 45.0 Å². The van der Waals surface area contributed by atoms with Gasteiger partial charge < -0.3 is 35.4 Å². The predicted octanol–water partition coefficient (Wildman–Crippen LogP) is 2.49. The van der Waals surface area contributed by atoms with Gasteiger partial charge in [0.25, 0.3) is 5.91 Å². The van der Waals surface area contributed by atoms with Crippen molar-refractivity contribution in [3.63, 3.8) is 0 Å². The minimum absolute atomic E-state index is 0. The predicted molar refractivity (Wildman–Crippen MR) is 98.6 cm³/mol. The van der Waals surface area contributed by atoms with Gasteiger partial charge in [0.2, 0.25) is 0 Å². The molecule has 29 heavy (non-hydrogen) atoms. The van der Waals surface area contributed by atoms with E-state index in [9.17, 15) is 19.9 Å². The Balaban J connectivity index is 0.00000300. The molecule has 11 nitrogen and oxygen atoms in total. The van der Waals surface area contributed by atoms with Gasteiger partial charge in [-0.1, -0.05) is 5.16 Å². The maximum Gasteiger partial charge on any atom is 0.273 e. The first-order valence-corrected chi connectivity index (χ1v) is 8.05. The second kappa shape index (κ2) is 9.30. The normalized spacial score (nSPS) is 10.1. The van der Waals surface area contributed by atoms with Crippen LogP contribution in [0.4, 0.5) is 5.69 Å². The highest BCUT2D eigenvalue weighted by Crippen LogP contribution is 2.43. The monoisotopic (exact) mass is 402 g/mol. The molecule has 152 valence electrons. The molecule has 5 N–H and O–H groups in total. The lowest BCUT2D eigenvalue weighted by molar-refractivity contribution is 0.0936. The molecule has 1 amide bonds. The second-order valence-electron chi connectivity index (χ2n) is 5.58. The Morgan fingerprint density at radius 1 is 1.17 bits per heavy atom. The van der Waals surface area contributed by atoms with Gasteiger partial charge in [-0.3, -0.25) is 4.79 Å². The number of aromatic hydroxyl groups is 2. The number of nitrogens with zero attached hydrogens (tertiary/aromatic N) is 2. The van der Waals surface area contributed by atoms with Crippen LogP contribution in [0.15, 0.2) is 52.2 Å². The zero-order chi connectivity index (χ0) is 20.1. The van der Waals surface area contributed by atoms with Crippen LogP contribution in [-0.2, 0) is 0 Å². The number of amides is 1. The maximum atomic E-state index is 11.9. The number of carbonyl (C=O) groups is 1. The minimum atomic E-state index is -0.568. The van der Waals surface area contributed by atoms with Gasteiger partial charge in [-0.25, -0.2) is 0 Å². The van der Waals surface area contributed by atoms with Gasteiger partial charge in [0.15, 0.2) is 11.5 Å². The first-order valence-electron chi connectivity index (χ1n) is 8.05. The van der Waals surface area contributed by atoms with Crippen molar-refractivity contribution in [2.45, 2.75) is 0 Å².